The number of nitrogens with one attached hydrogen (secondary N) is 1. The molecule has 0 saturated carbocycles. The predicted octanol–water partition coefficient (Wildman–Crippen LogP) is 5.99. The molecule has 5 heteroatoms. The zero-order valence-electron chi connectivity index (χ0n) is 14.4. The number of para-hydroxylation sites is 2. The van der Waals surface area contributed by atoms with E-state index in [-0.39, 0.29) is 0 Å². The molecule has 1 N–H and O–H groups in total. The molecule has 1 heterocycles. The van der Waals surface area contributed by atoms with Crippen molar-refractivity contribution in [3.63, 3.8) is 0 Å². The lowest BCUT2D eigenvalue weighted by molar-refractivity contribution is -0.654. The number of anilines is 2. The number of benzene rings is 3. The van der Waals surface area contributed by atoms with Crippen molar-refractivity contribution in [2.45, 2.75) is 0 Å². The van der Waals surface area contributed by atoms with E-state index in [0.29, 0.717) is 0 Å². The number of rotatable bonds is 5. The third-order valence-corrected chi connectivity index (χ3v) is 5.06. The molecule has 0 atom stereocenters. The minimum absolute atomic E-state index is 0.735. The number of nitrogens with zero attached hydrogens (tertiary/aromatic N) is 2. The maximum absolute atomic E-state index is 5.97. The quantitative estimate of drug-likeness (QED) is 0.424. The van der Waals surface area contributed by atoms with E-state index in [4.69, 9.17) is 16.7 Å². The Hall–Kier alpha value is -2.95. The van der Waals surface area contributed by atoms with Crippen molar-refractivity contribution in [1.82, 2.24) is 5.10 Å². The Kier molecular flexibility index (Phi) is 5.28. The summed E-state index contributed by atoms with van der Waals surface area (Å²) in [4.78, 5) is 0. The first-order valence-electron chi connectivity index (χ1n) is 8.52. The largest absolute Gasteiger partial charge is 0.327 e. The highest BCUT2D eigenvalue weighted by Gasteiger charge is 2.20. The van der Waals surface area contributed by atoms with Gasteiger partial charge in [0.25, 0.3) is 10.1 Å². The Morgan fingerprint density at radius 2 is 1.48 bits per heavy atom. The first kappa shape index (κ1) is 17.5. The number of aromatic nitrogens is 2. The van der Waals surface area contributed by atoms with Crippen LogP contribution in [0.1, 0.15) is 10.6 Å². The van der Waals surface area contributed by atoms with Crippen LogP contribution in [0.2, 0.25) is 5.02 Å². The lowest BCUT2D eigenvalue weighted by atomic mass is 10.2. The number of hydrogen-bond donors (Lipinski definition) is 1. The minimum Gasteiger partial charge on any atom is -0.327 e. The Labute approximate surface area is 167 Å². The molecule has 27 heavy (non-hydrogen) atoms. The van der Waals surface area contributed by atoms with Crippen molar-refractivity contribution >= 4 is 45.9 Å². The van der Waals surface area contributed by atoms with Gasteiger partial charge in [0.2, 0.25) is 5.69 Å². The van der Waals surface area contributed by atoms with Gasteiger partial charge in [0.1, 0.15) is 0 Å². The van der Waals surface area contributed by atoms with Crippen LogP contribution in [0.3, 0.4) is 0 Å². The highest BCUT2D eigenvalue weighted by atomic mass is 35.5. The first-order valence-corrected chi connectivity index (χ1v) is 9.72. The van der Waals surface area contributed by atoms with Gasteiger partial charge in [-0.25, -0.2) is 0 Å². The van der Waals surface area contributed by atoms with Gasteiger partial charge in [-0.05, 0) is 51.9 Å². The van der Waals surface area contributed by atoms with Gasteiger partial charge in [0.15, 0.2) is 0 Å². The van der Waals surface area contributed by atoms with Gasteiger partial charge in [0, 0.05) is 34.0 Å². The molecule has 0 aliphatic rings. The van der Waals surface area contributed by atoms with Gasteiger partial charge < -0.3 is 5.32 Å². The summed E-state index contributed by atoms with van der Waals surface area (Å²) in [6.45, 7) is 0. The fourth-order valence-electron chi connectivity index (χ4n) is 2.60. The summed E-state index contributed by atoms with van der Waals surface area (Å²) in [6, 6.07) is 27.9. The average molecular weight is 391 g/mol. The van der Waals surface area contributed by atoms with Crippen LogP contribution < -0.4 is 10.00 Å². The van der Waals surface area contributed by atoms with Crippen molar-refractivity contribution in [2.75, 3.05) is 5.32 Å². The van der Waals surface area contributed by atoms with Crippen LogP contribution in [0.25, 0.3) is 17.8 Å². The predicted molar refractivity (Wildman–Crippen MR) is 114 cm³/mol. The monoisotopic (exact) mass is 390 g/mol. The van der Waals surface area contributed by atoms with Crippen LogP contribution >= 0.6 is 22.9 Å². The molecule has 0 saturated heterocycles. The van der Waals surface area contributed by atoms with Crippen molar-refractivity contribution in [3.8, 4) is 5.69 Å². The highest BCUT2D eigenvalue weighted by molar-refractivity contribution is 7.15. The molecule has 0 aliphatic heterocycles. The Bertz CT molecular complexity index is 1040. The molecule has 0 aliphatic carbocycles. The summed E-state index contributed by atoms with van der Waals surface area (Å²) in [5.41, 5.74) is 3.12. The second kappa shape index (κ2) is 8.16. The highest BCUT2D eigenvalue weighted by Crippen LogP contribution is 2.22. The van der Waals surface area contributed by atoms with Crippen molar-refractivity contribution in [3.05, 3.63) is 101 Å². The fraction of sp³-hybridized carbons (Fsp3) is 0. The third kappa shape index (κ3) is 4.42. The fourth-order valence-corrected chi connectivity index (χ4v) is 3.58. The van der Waals surface area contributed by atoms with E-state index in [1.807, 2.05) is 89.6 Å². The second-order valence-corrected chi connectivity index (χ2v) is 7.31. The van der Waals surface area contributed by atoms with Gasteiger partial charge in [-0.3, -0.25) is 0 Å². The lowest BCUT2D eigenvalue weighted by Gasteiger charge is -1.97. The van der Waals surface area contributed by atoms with E-state index in [1.165, 1.54) is 0 Å². The molecule has 0 spiro atoms. The topological polar surface area (TPSA) is 28.8 Å². The molecule has 0 bridgehead atoms. The molecule has 0 radical (unpaired) electrons. The van der Waals surface area contributed by atoms with Gasteiger partial charge >= 0.3 is 0 Å². The Morgan fingerprint density at radius 3 is 2.19 bits per heavy atom. The summed E-state index contributed by atoms with van der Waals surface area (Å²) in [5, 5.41) is 10.7. The Morgan fingerprint density at radius 1 is 0.815 bits per heavy atom. The minimum atomic E-state index is 0.735. The van der Waals surface area contributed by atoms with Crippen molar-refractivity contribution in [2.24, 2.45) is 0 Å². The van der Waals surface area contributed by atoms with E-state index in [2.05, 4.69) is 17.5 Å². The van der Waals surface area contributed by atoms with Crippen LogP contribution in [-0.4, -0.2) is 5.10 Å². The molecule has 132 valence electrons. The van der Waals surface area contributed by atoms with Gasteiger partial charge in [0.05, 0.1) is 0 Å². The second-order valence-electron chi connectivity index (χ2n) is 5.87. The van der Waals surface area contributed by atoms with Gasteiger partial charge in [-0.1, -0.05) is 60.1 Å². The van der Waals surface area contributed by atoms with Crippen molar-refractivity contribution < 1.29 is 4.68 Å². The molecular weight excluding hydrogens is 374 g/mol. The maximum Gasteiger partial charge on any atom is 0.297 e. The zero-order valence-corrected chi connectivity index (χ0v) is 16.0. The third-order valence-electron chi connectivity index (χ3n) is 3.92. The molecule has 3 nitrogen and oxygen atoms in total. The average Bonchev–Trinajstić information content (AvgIpc) is 3.12. The standard InChI is InChI=1S/C22H17ClN3S/c23-18-14-11-17(12-15-18)13-16-21-26(20-9-5-2-6-10-20)25-22(27-21)24-19-7-3-1-4-8-19/h1-16H,(H,24,25)/q+1/b16-13+. The molecule has 1 aromatic heterocycles. The summed E-state index contributed by atoms with van der Waals surface area (Å²) < 4.78 is 1.95. The molecule has 4 aromatic rings. The van der Waals surface area contributed by atoms with Gasteiger partial charge in [-0.15, -0.1) is 0 Å². The first-order chi connectivity index (χ1) is 13.3. The SMILES string of the molecule is Clc1ccc(/C=C/c2sc(Nc3ccccc3)n[n+]2-c2ccccc2)cc1. The number of halogens is 1. The van der Waals surface area contributed by atoms with E-state index in [1.54, 1.807) is 11.3 Å². The maximum atomic E-state index is 5.97. The Balaban J connectivity index is 1.68. The molecular formula is C22H17ClN3S+. The summed E-state index contributed by atoms with van der Waals surface area (Å²) in [5.74, 6) is 0. The molecule has 0 amide bonds. The summed E-state index contributed by atoms with van der Waals surface area (Å²) in [7, 11) is 0. The normalized spacial score (nSPS) is 11.0. The molecule has 3 aromatic carbocycles. The van der Waals surface area contributed by atoms with E-state index >= 15 is 0 Å². The van der Waals surface area contributed by atoms with Gasteiger partial charge in [-0.2, -0.15) is 0 Å². The molecule has 4 rings (SSSR count). The van der Waals surface area contributed by atoms with E-state index in [0.717, 1.165) is 32.1 Å². The van der Waals surface area contributed by atoms with E-state index in [9.17, 15) is 0 Å². The van der Waals surface area contributed by atoms with Crippen LogP contribution in [0.4, 0.5) is 10.8 Å². The molecule has 0 fully saturated rings. The zero-order chi connectivity index (χ0) is 18.5. The van der Waals surface area contributed by atoms with Crippen LogP contribution in [0.15, 0.2) is 84.9 Å². The van der Waals surface area contributed by atoms with Crippen LogP contribution in [-0.2, 0) is 0 Å². The van der Waals surface area contributed by atoms with Crippen LogP contribution in [0, 0.1) is 0 Å². The smallest absolute Gasteiger partial charge is 0.297 e. The van der Waals surface area contributed by atoms with Crippen LogP contribution in [0.5, 0.6) is 0 Å². The van der Waals surface area contributed by atoms with E-state index < -0.39 is 0 Å². The number of hydrogen-bond acceptors (Lipinski definition) is 3. The summed E-state index contributed by atoms with van der Waals surface area (Å²) >= 11 is 7.57. The van der Waals surface area contributed by atoms with Crippen molar-refractivity contribution in [1.29, 1.82) is 0 Å². The summed E-state index contributed by atoms with van der Waals surface area (Å²) in [6.07, 6.45) is 4.14. The molecule has 0 unspecified atom stereocenters. The lowest BCUT2D eigenvalue weighted by Crippen LogP contribution is -2.35.